The second-order valence-electron chi connectivity index (χ2n) is 6.95. The fourth-order valence-corrected chi connectivity index (χ4v) is 3.82. The van der Waals surface area contributed by atoms with E-state index in [1.165, 1.54) is 24.3 Å². The highest BCUT2D eigenvalue weighted by atomic mass is 127. The van der Waals surface area contributed by atoms with E-state index in [-0.39, 0.29) is 0 Å². The molecule has 0 atom stereocenters. The molecular weight excluding hydrogens is 561 g/mol. The minimum atomic E-state index is -4.29. The van der Waals surface area contributed by atoms with Crippen molar-refractivity contribution in [3.8, 4) is 22.5 Å². The standard InChI is InChI=1S/C11H8F3IN2.C11H9F3N2/c1-17-10(9(15)6-16-17)7-2-4-8(5-3-7)11(12,13)14;1-16-10(6-7-15-16)8-2-4-9(5-3-8)11(12,13)14/h2-6H,1H3;2-7H,1H3. The molecule has 0 N–H and O–H groups in total. The second-order valence-corrected chi connectivity index (χ2v) is 8.12. The number of hydrogen-bond donors (Lipinski definition) is 0. The van der Waals surface area contributed by atoms with Crippen molar-refractivity contribution in [1.29, 1.82) is 0 Å². The summed E-state index contributed by atoms with van der Waals surface area (Å²) in [5, 5.41) is 8.01. The third-order valence-corrected chi connectivity index (χ3v) is 5.50. The number of halogens is 7. The monoisotopic (exact) mass is 578 g/mol. The fourth-order valence-electron chi connectivity index (χ4n) is 3.04. The molecule has 11 heteroatoms. The van der Waals surface area contributed by atoms with Crippen LogP contribution in [-0.2, 0) is 26.4 Å². The van der Waals surface area contributed by atoms with Gasteiger partial charge in [-0.15, -0.1) is 0 Å². The van der Waals surface area contributed by atoms with Gasteiger partial charge in [0.05, 0.1) is 32.3 Å². The SMILES string of the molecule is Cn1ncc(I)c1-c1ccc(C(F)(F)F)cc1.Cn1nccc1-c1ccc(C(F)(F)F)cc1. The Kier molecular flexibility index (Phi) is 7.20. The average Bonchev–Trinajstić information content (AvgIpc) is 3.32. The molecular formula is C22H17F6IN4. The van der Waals surface area contributed by atoms with Crippen LogP contribution in [0.3, 0.4) is 0 Å². The summed E-state index contributed by atoms with van der Waals surface area (Å²) in [4.78, 5) is 0. The van der Waals surface area contributed by atoms with Gasteiger partial charge in [0.1, 0.15) is 0 Å². The van der Waals surface area contributed by atoms with E-state index in [4.69, 9.17) is 0 Å². The molecule has 2 aromatic heterocycles. The van der Waals surface area contributed by atoms with Gasteiger partial charge in [-0.3, -0.25) is 9.36 Å². The van der Waals surface area contributed by atoms with Crippen LogP contribution in [0.25, 0.3) is 22.5 Å². The lowest BCUT2D eigenvalue weighted by molar-refractivity contribution is -0.138. The van der Waals surface area contributed by atoms with Gasteiger partial charge in [0.2, 0.25) is 0 Å². The molecule has 0 saturated carbocycles. The summed E-state index contributed by atoms with van der Waals surface area (Å²) < 4.78 is 78.3. The lowest BCUT2D eigenvalue weighted by Crippen LogP contribution is -2.04. The zero-order chi connectivity index (χ0) is 24.4. The Morgan fingerprint density at radius 1 is 0.667 bits per heavy atom. The number of nitrogens with zero attached hydrogens (tertiary/aromatic N) is 4. The van der Waals surface area contributed by atoms with Crippen molar-refractivity contribution in [1.82, 2.24) is 19.6 Å². The maximum absolute atomic E-state index is 12.4. The summed E-state index contributed by atoms with van der Waals surface area (Å²) in [6, 6.07) is 11.9. The lowest BCUT2D eigenvalue weighted by atomic mass is 10.1. The molecule has 2 aromatic carbocycles. The fraction of sp³-hybridized carbons (Fsp3) is 0.182. The molecule has 0 amide bonds. The number of hydrogen-bond acceptors (Lipinski definition) is 2. The van der Waals surface area contributed by atoms with Crippen LogP contribution in [0.4, 0.5) is 26.3 Å². The molecule has 0 unspecified atom stereocenters. The Balaban J connectivity index is 0.000000186. The van der Waals surface area contributed by atoms with Gasteiger partial charge >= 0.3 is 12.4 Å². The summed E-state index contributed by atoms with van der Waals surface area (Å²) in [7, 11) is 3.50. The van der Waals surface area contributed by atoms with Crippen LogP contribution in [-0.4, -0.2) is 19.6 Å². The van der Waals surface area contributed by atoms with Gasteiger partial charge in [0, 0.05) is 25.9 Å². The predicted octanol–water partition coefficient (Wildman–Crippen LogP) is 6.82. The van der Waals surface area contributed by atoms with E-state index in [0.29, 0.717) is 5.56 Å². The minimum absolute atomic E-state index is 0.640. The topological polar surface area (TPSA) is 35.6 Å². The molecule has 0 aliphatic carbocycles. The lowest BCUT2D eigenvalue weighted by Gasteiger charge is -2.08. The van der Waals surface area contributed by atoms with Crippen molar-refractivity contribution in [2.75, 3.05) is 0 Å². The smallest absolute Gasteiger partial charge is 0.268 e. The Labute approximate surface area is 199 Å². The van der Waals surface area contributed by atoms with Crippen molar-refractivity contribution in [2.45, 2.75) is 12.4 Å². The molecule has 4 nitrogen and oxygen atoms in total. The third kappa shape index (κ3) is 5.95. The van der Waals surface area contributed by atoms with Crippen molar-refractivity contribution in [3.05, 3.63) is 81.7 Å². The second kappa shape index (κ2) is 9.57. The van der Waals surface area contributed by atoms with Crippen LogP contribution in [0.1, 0.15) is 11.1 Å². The Hall–Kier alpha value is -2.83. The zero-order valence-corrected chi connectivity index (χ0v) is 19.4. The molecule has 0 radical (unpaired) electrons. The summed E-state index contributed by atoms with van der Waals surface area (Å²) in [6.45, 7) is 0. The van der Waals surface area contributed by atoms with Crippen LogP contribution >= 0.6 is 22.6 Å². The van der Waals surface area contributed by atoms with Gasteiger partial charge in [-0.05, 0) is 58.5 Å². The van der Waals surface area contributed by atoms with Gasteiger partial charge in [-0.2, -0.15) is 36.5 Å². The molecule has 4 aromatic rings. The van der Waals surface area contributed by atoms with E-state index >= 15 is 0 Å². The van der Waals surface area contributed by atoms with E-state index in [9.17, 15) is 26.3 Å². The van der Waals surface area contributed by atoms with Crippen LogP contribution < -0.4 is 0 Å². The molecule has 0 spiro atoms. The van der Waals surface area contributed by atoms with Crippen LogP contribution in [0.5, 0.6) is 0 Å². The number of rotatable bonds is 2. The Morgan fingerprint density at radius 2 is 1.15 bits per heavy atom. The summed E-state index contributed by atoms with van der Waals surface area (Å²) >= 11 is 2.10. The van der Waals surface area contributed by atoms with Crippen molar-refractivity contribution in [2.24, 2.45) is 14.1 Å². The van der Waals surface area contributed by atoms with Crippen LogP contribution in [0.15, 0.2) is 67.0 Å². The average molecular weight is 578 g/mol. The molecule has 0 aliphatic rings. The highest BCUT2D eigenvalue weighted by molar-refractivity contribution is 14.1. The molecule has 0 bridgehead atoms. The Morgan fingerprint density at radius 3 is 1.52 bits per heavy atom. The molecule has 33 heavy (non-hydrogen) atoms. The molecule has 0 aliphatic heterocycles. The number of aryl methyl sites for hydroxylation is 2. The summed E-state index contributed by atoms with van der Waals surface area (Å²) in [5.74, 6) is 0. The summed E-state index contributed by atoms with van der Waals surface area (Å²) in [5.41, 5.74) is 1.76. The van der Waals surface area contributed by atoms with Crippen LogP contribution in [0, 0.1) is 3.57 Å². The van der Waals surface area contributed by atoms with Gasteiger partial charge in [-0.25, -0.2) is 0 Å². The number of benzene rings is 2. The summed E-state index contributed by atoms with van der Waals surface area (Å²) in [6.07, 6.45) is -5.30. The van der Waals surface area contributed by atoms with E-state index in [1.807, 2.05) is 0 Å². The van der Waals surface area contributed by atoms with Crippen LogP contribution in [0.2, 0.25) is 0 Å². The molecule has 0 fully saturated rings. The molecule has 0 saturated heterocycles. The maximum Gasteiger partial charge on any atom is 0.416 e. The maximum atomic E-state index is 12.4. The van der Waals surface area contributed by atoms with Crippen molar-refractivity contribution in [3.63, 3.8) is 0 Å². The van der Waals surface area contributed by atoms with Crippen molar-refractivity contribution >= 4 is 22.6 Å². The minimum Gasteiger partial charge on any atom is -0.268 e. The van der Waals surface area contributed by atoms with Gasteiger partial charge < -0.3 is 0 Å². The first-order chi connectivity index (χ1) is 15.4. The first-order valence-electron chi connectivity index (χ1n) is 9.38. The predicted molar refractivity (Wildman–Crippen MR) is 120 cm³/mol. The number of aromatic nitrogens is 4. The highest BCUT2D eigenvalue weighted by Crippen LogP contribution is 2.32. The van der Waals surface area contributed by atoms with Gasteiger partial charge in [-0.1, -0.05) is 24.3 Å². The Bertz CT molecular complexity index is 1190. The van der Waals surface area contributed by atoms with E-state index < -0.39 is 23.5 Å². The third-order valence-electron chi connectivity index (χ3n) is 4.71. The first-order valence-corrected chi connectivity index (χ1v) is 10.5. The first kappa shape index (κ1) is 24.8. The molecule has 2 heterocycles. The van der Waals surface area contributed by atoms with Crippen molar-refractivity contribution < 1.29 is 26.3 Å². The normalized spacial score (nSPS) is 11.8. The van der Waals surface area contributed by atoms with Gasteiger partial charge in [0.25, 0.3) is 0 Å². The largest absolute Gasteiger partial charge is 0.416 e. The molecule has 174 valence electrons. The highest BCUT2D eigenvalue weighted by Gasteiger charge is 2.30. The van der Waals surface area contributed by atoms with E-state index in [1.54, 1.807) is 41.9 Å². The number of alkyl halides is 6. The van der Waals surface area contributed by atoms with Gasteiger partial charge in [0.15, 0.2) is 0 Å². The van der Waals surface area contributed by atoms with E-state index in [0.717, 1.165) is 44.8 Å². The quantitative estimate of drug-likeness (QED) is 0.194. The van der Waals surface area contributed by atoms with E-state index in [2.05, 4.69) is 32.8 Å². The zero-order valence-electron chi connectivity index (χ0n) is 17.3. The molecule has 4 rings (SSSR count).